The second kappa shape index (κ2) is 4.36. The SMILES string of the molecule is CC(C)(C)C1CCc2ncoc2N(C(C)(C)C)C1=O. The maximum atomic E-state index is 12.9. The fraction of sp³-hybridized carbons (Fsp3) is 0.733. The van der Waals surface area contributed by atoms with E-state index < -0.39 is 0 Å². The zero-order valence-corrected chi connectivity index (χ0v) is 12.8. The highest BCUT2D eigenvalue weighted by Crippen LogP contribution is 2.39. The van der Waals surface area contributed by atoms with Crippen LogP contribution in [0.15, 0.2) is 10.8 Å². The highest BCUT2D eigenvalue weighted by molar-refractivity contribution is 5.96. The Morgan fingerprint density at radius 3 is 2.42 bits per heavy atom. The Labute approximate surface area is 115 Å². The van der Waals surface area contributed by atoms with E-state index in [0.717, 1.165) is 18.5 Å². The predicted octanol–water partition coefficient (Wildman–Crippen LogP) is 3.41. The number of aromatic nitrogens is 1. The fourth-order valence-corrected chi connectivity index (χ4v) is 2.72. The molecular weight excluding hydrogens is 240 g/mol. The number of anilines is 1. The molecule has 0 aliphatic carbocycles. The number of aryl methyl sites for hydroxylation is 1. The Hall–Kier alpha value is -1.32. The molecular formula is C15H24N2O2. The Balaban J connectivity index is 2.50. The molecule has 1 amide bonds. The van der Waals surface area contributed by atoms with Crippen LogP contribution in [0.3, 0.4) is 0 Å². The Bertz CT molecular complexity index is 477. The molecule has 19 heavy (non-hydrogen) atoms. The van der Waals surface area contributed by atoms with Gasteiger partial charge in [-0.25, -0.2) is 4.98 Å². The minimum atomic E-state index is -0.306. The lowest BCUT2D eigenvalue weighted by Crippen LogP contribution is -2.50. The summed E-state index contributed by atoms with van der Waals surface area (Å²) in [7, 11) is 0. The van der Waals surface area contributed by atoms with Gasteiger partial charge in [-0.05, 0) is 39.0 Å². The van der Waals surface area contributed by atoms with Crippen LogP contribution >= 0.6 is 0 Å². The molecule has 0 spiro atoms. The number of amides is 1. The second-order valence-corrected chi connectivity index (χ2v) is 7.41. The largest absolute Gasteiger partial charge is 0.427 e. The number of hydrogen-bond acceptors (Lipinski definition) is 3. The zero-order chi connectivity index (χ0) is 14.4. The van der Waals surface area contributed by atoms with Crippen molar-refractivity contribution in [1.29, 1.82) is 0 Å². The molecule has 1 aliphatic rings. The number of fused-ring (bicyclic) bond motifs is 1. The van der Waals surface area contributed by atoms with E-state index >= 15 is 0 Å². The number of hydrogen-bond donors (Lipinski definition) is 0. The van der Waals surface area contributed by atoms with E-state index in [0.29, 0.717) is 5.88 Å². The van der Waals surface area contributed by atoms with Gasteiger partial charge in [-0.1, -0.05) is 20.8 Å². The highest BCUT2D eigenvalue weighted by Gasteiger charge is 2.43. The summed E-state index contributed by atoms with van der Waals surface area (Å²) in [5.74, 6) is 0.774. The summed E-state index contributed by atoms with van der Waals surface area (Å²) in [4.78, 5) is 19.0. The number of oxazole rings is 1. The molecule has 1 atom stereocenters. The third-order valence-electron chi connectivity index (χ3n) is 3.73. The first-order chi connectivity index (χ1) is 8.62. The Morgan fingerprint density at radius 1 is 1.26 bits per heavy atom. The van der Waals surface area contributed by atoms with Gasteiger partial charge in [0, 0.05) is 11.5 Å². The van der Waals surface area contributed by atoms with Crippen LogP contribution in [-0.2, 0) is 11.2 Å². The van der Waals surface area contributed by atoms with E-state index in [1.807, 2.05) is 20.8 Å². The summed E-state index contributed by atoms with van der Waals surface area (Å²) in [6.45, 7) is 12.5. The van der Waals surface area contributed by atoms with Crippen LogP contribution in [0.5, 0.6) is 0 Å². The average molecular weight is 264 g/mol. The van der Waals surface area contributed by atoms with Gasteiger partial charge < -0.3 is 4.42 Å². The molecule has 0 bridgehead atoms. The normalized spacial score (nSPS) is 21.3. The van der Waals surface area contributed by atoms with E-state index in [1.165, 1.54) is 6.39 Å². The van der Waals surface area contributed by atoms with E-state index in [1.54, 1.807) is 4.90 Å². The lowest BCUT2D eigenvalue weighted by Gasteiger charge is -2.38. The first-order valence-corrected chi connectivity index (χ1v) is 6.89. The molecule has 0 aromatic carbocycles. The molecule has 4 heteroatoms. The predicted molar refractivity (Wildman–Crippen MR) is 75.0 cm³/mol. The smallest absolute Gasteiger partial charge is 0.233 e. The van der Waals surface area contributed by atoms with Crippen molar-refractivity contribution in [3.8, 4) is 0 Å². The van der Waals surface area contributed by atoms with Crippen LogP contribution in [0.2, 0.25) is 0 Å². The van der Waals surface area contributed by atoms with Gasteiger partial charge in [0.25, 0.3) is 0 Å². The average Bonchev–Trinajstić information content (AvgIpc) is 2.57. The number of nitrogens with zero attached hydrogens (tertiary/aromatic N) is 2. The quantitative estimate of drug-likeness (QED) is 0.721. The van der Waals surface area contributed by atoms with Crippen LogP contribution in [-0.4, -0.2) is 16.4 Å². The van der Waals surface area contributed by atoms with Gasteiger partial charge in [-0.2, -0.15) is 0 Å². The molecule has 0 radical (unpaired) electrons. The van der Waals surface area contributed by atoms with E-state index in [2.05, 4.69) is 25.8 Å². The Morgan fingerprint density at radius 2 is 1.89 bits per heavy atom. The van der Waals surface area contributed by atoms with E-state index in [-0.39, 0.29) is 22.8 Å². The van der Waals surface area contributed by atoms with Gasteiger partial charge in [0.15, 0.2) is 6.39 Å². The minimum absolute atomic E-state index is 0.00359. The summed E-state index contributed by atoms with van der Waals surface area (Å²) < 4.78 is 5.50. The first kappa shape index (κ1) is 14.1. The van der Waals surface area contributed by atoms with Gasteiger partial charge in [0.1, 0.15) is 5.69 Å². The van der Waals surface area contributed by atoms with Crippen LogP contribution in [0.4, 0.5) is 5.88 Å². The lowest BCUT2D eigenvalue weighted by atomic mass is 9.77. The summed E-state index contributed by atoms with van der Waals surface area (Å²) in [5, 5.41) is 0. The van der Waals surface area contributed by atoms with Crippen molar-refractivity contribution in [2.75, 3.05) is 4.90 Å². The van der Waals surface area contributed by atoms with Crippen LogP contribution in [0, 0.1) is 11.3 Å². The van der Waals surface area contributed by atoms with Crippen LogP contribution in [0.25, 0.3) is 0 Å². The van der Waals surface area contributed by atoms with Crippen molar-refractivity contribution in [2.45, 2.75) is 59.9 Å². The molecule has 2 rings (SSSR count). The Kier molecular flexibility index (Phi) is 3.23. The second-order valence-electron chi connectivity index (χ2n) is 7.41. The standard InChI is InChI=1S/C15H24N2O2/c1-14(2,3)10-7-8-11-13(19-9-16-11)17(12(10)18)15(4,5)6/h9-10H,7-8H2,1-6H3. The van der Waals surface area contributed by atoms with E-state index in [4.69, 9.17) is 4.42 Å². The third-order valence-corrected chi connectivity index (χ3v) is 3.73. The number of carbonyl (C=O) groups is 1. The third kappa shape index (κ3) is 2.53. The zero-order valence-electron chi connectivity index (χ0n) is 12.8. The lowest BCUT2D eigenvalue weighted by molar-refractivity contribution is -0.126. The van der Waals surface area contributed by atoms with Crippen LogP contribution < -0.4 is 4.90 Å². The summed E-state index contributed by atoms with van der Waals surface area (Å²) in [6.07, 6.45) is 3.06. The maximum absolute atomic E-state index is 12.9. The molecule has 1 aromatic rings. The summed E-state index contributed by atoms with van der Waals surface area (Å²) in [6, 6.07) is 0. The molecule has 1 aliphatic heterocycles. The highest BCUT2D eigenvalue weighted by atomic mass is 16.4. The molecule has 0 N–H and O–H groups in total. The van der Waals surface area contributed by atoms with Crippen molar-refractivity contribution < 1.29 is 9.21 Å². The molecule has 0 saturated heterocycles. The topological polar surface area (TPSA) is 46.3 Å². The first-order valence-electron chi connectivity index (χ1n) is 6.89. The van der Waals surface area contributed by atoms with Crippen molar-refractivity contribution >= 4 is 11.8 Å². The molecule has 1 aromatic heterocycles. The van der Waals surface area contributed by atoms with Gasteiger partial charge >= 0.3 is 0 Å². The van der Waals surface area contributed by atoms with Crippen molar-refractivity contribution in [1.82, 2.24) is 4.98 Å². The molecule has 1 unspecified atom stereocenters. The summed E-state index contributed by atoms with van der Waals surface area (Å²) in [5.41, 5.74) is 0.540. The molecule has 0 saturated carbocycles. The van der Waals surface area contributed by atoms with Crippen LogP contribution in [0.1, 0.15) is 53.7 Å². The van der Waals surface area contributed by atoms with Crippen molar-refractivity contribution in [3.05, 3.63) is 12.1 Å². The van der Waals surface area contributed by atoms with Gasteiger partial charge in [-0.15, -0.1) is 0 Å². The molecule has 106 valence electrons. The van der Waals surface area contributed by atoms with Crippen molar-refractivity contribution in [2.24, 2.45) is 11.3 Å². The van der Waals surface area contributed by atoms with Crippen molar-refractivity contribution in [3.63, 3.8) is 0 Å². The minimum Gasteiger partial charge on any atom is -0.427 e. The molecule has 2 heterocycles. The number of rotatable bonds is 0. The molecule has 4 nitrogen and oxygen atoms in total. The van der Waals surface area contributed by atoms with E-state index in [9.17, 15) is 4.79 Å². The molecule has 0 fully saturated rings. The van der Waals surface area contributed by atoms with Gasteiger partial charge in [0.2, 0.25) is 11.8 Å². The fourth-order valence-electron chi connectivity index (χ4n) is 2.72. The van der Waals surface area contributed by atoms with Gasteiger partial charge in [-0.3, -0.25) is 9.69 Å². The number of carbonyl (C=O) groups excluding carboxylic acids is 1. The van der Waals surface area contributed by atoms with Gasteiger partial charge in [0.05, 0.1) is 0 Å². The summed E-state index contributed by atoms with van der Waals surface area (Å²) >= 11 is 0. The maximum Gasteiger partial charge on any atom is 0.233 e. The monoisotopic (exact) mass is 264 g/mol.